The van der Waals surface area contributed by atoms with Gasteiger partial charge in [-0.3, -0.25) is 4.79 Å². The van der Waals surface area contributed by atoms with Gasteiger partial charge in [-0.1, -0.05) is 43.6 Å². The van der Waals surface area contributed by atoms with Gasteiger partial charge in [-0.2, -0.15) is 0 Å². The van der Waals surface area contributed by atoms with E-state index in [1.165, 1.54) is 6.42 Å². The number of halogens is 1. The minimum Gasteiger partial charge on any atom is -0.349 e. The lowest BCUT2D eigenvalue weighted by atomic mass is 9.63. The molecule has 0 saturated heterocycles. The van der Waals surface area contributed by atoms with Gasteiger partial charge in [0.25, 0.3) is 5.91 Å². The highest BCUT2D eigenvalue weighted by atomic mass is 79.9. The summed E-state index contributed by atoms with van der Waals surface area (Å²) in [5, 5.41) is 3.20. The molecule has 0 heterocycles. The summed E-state index contributed by atoms with van der Waals surface area (Å²) in [5.41, 5.74) is 1.18. The molecule has 1 aromatic rings. The third-order valence-corrected chi connectivity index (χ3v) is 4.96. The molecule has 2 nitrogen and oxygen atoms in total. The lowest BCUT2D eigenvalue weighted by Gasteiger charge is -2.45. The van der Waals surface area contributed by atoms with Crippen LogP contribution >= 0.6 is 28.6 Å². The Balaban J connectivity index is 2.12. The van der Waals surface area contributed by atoms with Gasteiger partial charge < -0.3 is 5.32 Å². The van der Waals surface area contributed by atoms with Crippen molar-refractivity contribution < 1.29 is 4.79 Å². The van der Waals surface area contributed by atoms with Crippen LogP contribution in [0.15, 0.2) is 27.6 Å². The molecule has 0 spiro atoms. The molecule has 1 saturated carbocycles. The van der Waals surface area contributed by atoms with E-state index >= 15 is 0 Å². The van der Waals surface area contributed by atoms with Gasteiger partial charge in [-0.15, -0.1) is 12.6 Å². The van der Waals surface area contributed by atoms with Gasteiger partial charge in [0.15, 0.2) is 0 Å². The number of rotatable bonds is 2. The smallest absolute Gasteiger partial charge is 0.252 e. The number of benzene rings is 1. The largest absolute Gasteiger partial charge is 0.349 e. The van der Waals surface area contributed by atoms with E-state index in [0.29, 0.717) is 10.5 Å². The average Bonchev–Trinajstić information content (AvgIpc) is 2.23. The van der Waals surface area contributed by atoms with Gasteiger partial charge in [0.05, 0.1) is 5.56 Å². The van der Waals surface area contributed by atoms with Crippen LogP contribution in [0.4, 0.5) is 0 Å². The highest BCUT2D eigenvalue weighted by Gasteiger charge is 2.39. The van der Waals surface area contributed by atoms with E-state index < -0.39 is 0 Å². The van der Waals surface area contributed by atoms with Crippen molar-refractivity contribution in [2.24, 2.45) is 10.8 Å². The molecule has 1 amide bonds. The van der Waals surface area contributed by atoms with Crippen LogP contribution < -0.4 is 5.32 Å². The number of thiol groups is 1. The van der Waals surface area contributed by atoms with Crippen molar-refractivity contribution in [3.8, 4) is 0 Å². The molecule has 0 atom stereocenters. The Kier molecular flexibility index (Phi) is 4.79. The Labute approximate surface area is 141 Å². The van der Waals surface area contributed by atoms with Crippen LogP contribution in [0.1, 0.15) is 57.3 Å². The van der Waals surface area contributed by atoms with Crippen LogP contribution in [0.25, 0.3) is 0 Å². The van der Waals surface area contributed by atoms with E-state index in [1.807, 2.05) is 18.2 Å². The number of hydrogen-bond acceptors (Lipinski definition) is 2. The molecule has 2 rings (SSSR count). The zero-order valence-electron chi connectivity index (χ0n) is 13.2. The molecule has 1 aromatic carbocycles. The van der Waals surface area contributed by atoms with Crippen LogP contribution in [0.5, 0.6) is 0 Å². The topological polar surface area (TPSA) is 29.1 Å². The number of nitrogens with one attached hydrogen (secondary N) is 1. The zero-order valence-corrected chi connectivity index (χ0v) is 15.6. The van der Waals surface area contributed by atoms with Gasteiger partial charge in [-0.05, 0) is 48.3 Å². The summed E-state index contributed by atoms with van der Waals surface area (Å²) in [4.78, 5) is 13.2. The Morgan fingerprint density at radius 2 is 1.81 bits per heavy atom. The second-order valence-corrected chi connectivity index (χ2v) is 9.14. The molecule has 0 unspecified atom stereocenters. The molecule has 0 bridgehead atoms. The van der Waals surface area contributed by atoms with E-state index in [9.17, 15) is 4.79 Å². The summed E-state index contributed by atoms with van der Waals surface area (Å²) in [6, 6.07) is 5.78. The van der Waals surface area contributed by atoms with Gasteiger partial charge in [0.1, 0.15) is 0 Å². The van der Waals surface area contributed by atoms with Crippen molar-refractivity contribution in [2.45, 2.75) is 57.9 Å². The second-order valence-electron chi connectivity index (χ2n) is 7.75. The first-order valence-electron chi connectivity index (χ1n) is 7.37. The van der Waals surface area contributed by atoms with E-state index in [4.69, 9.17) is 0 Å². The predicted molar refractivity (Wildman–Crippen MR) is 94.1 cm³/mol. The average molecular weight is 370 g/mol. The molecular formula is C17H24BrNOS. The Morgan fingerprint density at radius 3 is 2.33 bits per heavy atom. The lowest BCUT2D eigenvalue weighted by molar-refractivity contribution is 0.0712. The monoisotopic (exact) mass is 369 g/mol. The van der Waals surface area contributed by atoms with Gasteiger partial charge in [0.2, 0.25) is 0 Å². The van der Waals surface area contributed by atoms with Crippen LogP contribution in [-0.2, 0) is 0 Å². The lowest BCUT2D eigenvalue weighted by Crippen LogP contribution is -2.46. The van der Waals surface area contributed by atoms with Crippen LogP contribution in [0.3, 0.4) is 0 Å². The first-order valence-corrected chi connectivity index (χ1v) is 8.61. The third kappa shape index (κ3) is 4.49. The van der Waals surface area contributed by atoms with Crippen molar-refractivity contribution in [1.29, 1.82) is 0 Å². The van der Waals surface area contributed by atoms with Gasteiger partial charge in [-0.25, -0.2) is 0 Å². The van der Waals surface area contributed by atoms with Crippen molar-refractivity contribution >= 4 is 34.5 Å². The number of amides is 1. The molecule has 4 heteroatoms. The van der Waals surface area contributed by atoms with Gasteiger partial charge in [0, 0.05) is 15.4 Å². The zero-order chi connectivity index (χ0) is 15.8. The minimum atomic E-state index is -0.0222. The summed E-state index contributed by atoms with van der Waals surface area (Å²) >= 11 is 7.80. The molecule has 1 fully saturated rings. The number of carbonyl (C=O) groups is 1. The maximum absolute atomic E-state index is 12.5. The first-order chi connectivity index (χ1) is 9.58. The quantitative estimate of drug-likeness (QED) is 0.699. The maximum atomic E-state index is 12.5. The highest BCUT2D eigenvalue weighted by molar-refractivity contribution is 9.10. The fourth-order valence-electron chi connectivity index (χ4n) is 3.91. The normalized spacial score (nSPS) is 21.0. The highest BCUT2D eigenvalue weighted by Crippen LogP contribution is 2.45. The van der Waals surface area contributed by atoms with Crippen molar-refractivity contribution in [2.75, 3.05) is 0 Å². The Hall–Kier alpha value is -0.480. The molecule has 0 aliphatic heterocycles. The number of carbonyl (C=O) groups excluding carboxylic acids is 1. The summed E-state index contributed by atoms with van der Waals surface area (Å²) in [5.74, 6) is -0.0222. The van der Waals surface area contributed by atoms with Crippen LogP contribution in [0, 0.1) is 10.8 Å². The van der Waals surface area contributed by atoms with Crippen LogP contribution in [-0.4, -0.2) is 11.9 Å². The maximum Gasteiger partial charge on any atom is 0.252 e. The molecule has 0 aromatic heterocycles. The Bertz CT molecular complexity index is 538. The van der Waals surface area contributed by atoms with E-state index in [2.05, 4.69) is 61.6 Å². The molecule has 0 radical (unpaired) electrons. The van der Waals surface area contributed by atoms with Crippen LogP contribution in [0.2, 0.25) is 0 Å². The molecule has 1 aliphatic carbocycles. The van der Waals surface area contributed by atoms with Crippen molar-refractivity contribution in [1.82, 2.24) is 5.32 Å². The molecule has 21 heavy (non-hydrogen) atoms. The van der Waals surface area contributed by atoms with E-state index in [0.717, 1.165) is 17.3 Å². The summed E-state index contributed by atoms with van der Waals surface area (Å²) in [6.45, 7) is 9.15. The number of hydrogen-bond donors (Lipinski definition) is 2. The second kappa shape index (κ2) is 5.96. The fourth-order valence-corrected chi connectivity index (χ4v) is 4.76. The predicted octanol–water partition coefficient (Wildman–Crippen LogP) is 5.07. The van der Waals surface area contributed by atoms with Crippen molar-refractivity contribution in [3.63, 3.8) is 0 Å². The van der Waals surface area contributed by atoms with Gasteiger partial charge >= 0.3 is 0 Å². The third-order valence-electron chi connectivity index (χ3n) is 4.09. The molecule has 116 valence electrons. The standard InChI is InChI=1S/C17H24BrNOS/c1-16(2)8-12(9-17(3,4)10-16)19-15(20)13-6-5-11(18)7-14(13)21/h5-7,12,21H,8-10H2,1-4H3,(H,19,20). The Morgan fingerprint density at radius 1 is 1.24 bits per heavy atom. The van der Waals surface area contributed by atoms with Crippen molar-refractivity contribution in [3.05, 3.63) is 28.2 Å². The van der Waals surface area contributed by atoms with E-state index in [1.54, 1.807) is 0 Å². The molecular weight excluding hydrogens is 346 g/mol. The molecule has 1 aliphatic rings. The van der Waals surface area contributed by atoms with E-state index in [-0.39, 0.29) is 22.8 Å². The first kappa shape index (κ1) is 16.9. The fraction of sp³-hybridized carbons (Fsp3) is 0.588. The summed E-state index contributed by atoms with van der Waals surface area (Å²) < 4.78 is 0.934. The molecule has 1 N–H and O–H groups in total. The summed E-state index contributed by atoms with van der Waals surface area (Å²) in [6.07, 6.45) is 3.25. The summed E-state index contributed by atoms with van der Waals surface area (Å²) in [7, 11) is 0. The minimum absolute atomic E-state index is 0.0222. The SMILES string of the molecule is CC1(C)CC(NC(=O)c2ccc(Br)cc2S)CC(C)(C)C1.